The van der Waals surface area contributed by atoms with Crippen molar-refractivity contribution in [3.05, 3.63) is 29.3 Å². The van der Waals surface area contributed by atoms with Gasteiger partial charge >= 0.3 is 0 Å². The number of carbonyl (C=O) groups is 2. The molecule has 5 heteroatoms. The van der Waals surface area contributed by atoms with E-state index in [9.17, 15) is 9.59 Å². The van der Waals surface area contributed by atoms with Crippen LogP contribution in [-0.2, 0) is 11.2 Å². The molecule has 0 radical (unpaired) electrons. The Kier molecular flexibility index (Phi) is 3.62. The van der Waals surface area contributed by atoms with Crippen LogP contribution in [0.25, 0.3) is 0 Å². The summed E-state index contributed by atoms with van der Waals surface area (Å²) in [6.45, 7) is 1.64. The molecule has 1 aliphatic heterocycles. The number of fused-ring (bicyclic) bond motifs is 1. The van der Waals surface area contributed by atoms with Crippen LogP contribution in [0.2, 0.25) is 0 Å². The lowest BCUT2D eigenvalue weighted by Gasteiger charge is -2.18. The van der Waals surface area contributed by atoms with Gasteiger partial charge in [-0.15, -0.1) is 0 Å². The van der Waals surface area contributed by atoms with Crippen molar-refractivity contribution in [1.29, 1.82) is 0 Å². The molecule has 3 N–H and O–H groups in total. The maximum Gasteiger partial charge on any atom is 0.251 e. The number of nitrogens with one attached hydrogen (secondary N) is 2. The lowest BCUT2D eigenvalue weighted by atomic mass is 10.00. The summed E-state index contributed by atoms with van der Waals surface area (Å²) < 4.78 is 0. The van der Waals surface area contributed by atoms with Gasteiger partial charge < -0.3 is 15.7 Å². The molecule has 1 unspecified atom stereocenters. The van der Waals surface area contributed by atoms with Crippen LogP contribution >= 0.6 is 0 Å². The fraction of sp³-hybridized carbons (Fsp3) is 0.385. The lowest BCUT2D eigenvalue weighted by Crippen LogP contribution is -2.35. The van der Waals surface area contributed by atoms with Crippen LogP contribution in [0.1, 0.15) is 29.3 Å². The fourth-order valence-corrected chi connectivity index (χ4v) is 1.88. The van der Waals surface area contributed by atoms with Gasteiger partial charge in [0.1, 0.15) is 0 Å². The highest BCUT2D eigenvalue weighted by Crippen LogP contribution is 2.23. The highest BCUT2D eigenvalue weighted by molar-refractivity contribution is 5.98. The van der Waals surface area contributed by atoms with Crippen LogP contribution in [0.4, 0.5) is 5.69 Å². The van der Waals surface area contributed by atoms with E-state index in [4.69, 9.17) is 5.11 Å². The zero-order chi connectivity index (χ0) is 13.1. The molecule has 2 amide bonds. The summed E-state index contributed by atoms with van der Waals surface area (Å²) in [4.78, 5) is 23.1. The molecule has 1 heterocycles. The molecule has 0 aliphatic carbocycles. The predicted molar refractivity (Wildman–Crippen MR) is 67.4 cm³/mol. The van der Waals surface area contributed by atoms with Crippen LogP contribution in [0.15, 0.2) is 18.2 Å². The van der Waals surface area contributed by atoms with Gasteiger partial charge in [-0.2, -0.15) is 0 Å². The summed E-state index contributed by atoms with van der Waals surface area (Å²) in [6.07, 6.45) is 1.10. The van der Waals surface area contributed by atoms with Crippen molar-refractivity contribution in [2.24, 2.45) is 0 Å². The molecule has 0 aromatic heterocycles. The Hall–Kier alpha value is -1.88. The second-order valence-corrected chi connectivity index (χ2v) is 4.48. The van der Waals surface area contributed by atoms with Crippen molar-refractivity contribution in [3.8, 4) is 0 Å². The van der Waals surface area contributed by atoms with E-state index in [0.717, 1.165) is 11.3 Å². The molecular weight excluding hydrogens is 232 g/mol. The molecule has 0 bridgehead atoms. The smallest absolute Gasteiger partial charge is 0.251 e. The molecule has 0 saturated carbocycles. The summed E-state index contributed by atoms with van der Waals surface area (Å²) in [5, 5.41) is 14.3. The Labute approximate surface area is 105 Å². The third-order valence-corrected chi connectivity index (χ3v) is 2.91. The number of carbonyl (C=O) groups excluding carboxylic acids is 2. The molecular formula is C13H16N2O3. The first-order valence-electron chi connectivity index (χ1n) is 5.94. The summed E-state index contributed by atoms with van der Waals surface area (Å²) in [6, 6.07) is 4.93. The molecule has 1 aromatic carbocycles. The maximum absolute atomic E-state index is 11.9. The van der Waals surface area contributed by atoms with E-state index in [-0.39, 0.29) is 24.5 Å². The maximum atomic E-state index is 11.9. The van der Waals surface area contributed by atoms with E-state index in [1.807, 2.05) is 0 Å². The predicted octanol–water partition coefficient (Wildman–Crippen LogP) is 0.682. The van der Waals surface area contributed by atoms with E-state index >= 15 is 0 Å². The molecule has 0 spiro atoms. The van der Waals surface area contributed by atoms with Crippen molar-refractivity contribution in [3.63, 3.8) is 0 Å². The van der Waals surface area contributed by atoms with Crippen LogP contribution in [0.3, 0.4) is 0 Å². The van der Waals surface area contributed by atoms with Crippen LogP contribution in [-0.4, -0.2) is 29.6 Å². The minimum Gasteiger partial charge on any atom is -0.394 e. The number of rotatable bonds is 3. The Morgan fingerprint density at radius 3 is 3.00 bits per heavy atom. The van der Waals surface area contributed by atoms with E-state index < -0.39 is 0 Å². The molecule has 2 rings (SSSR count). The van der Waals surface area contributed by atoms with Gasteiger partial charge in [0.2, 0.25) is 5.91 Å². The monoisotopic (exact) mass is 248 g/mol. The van der Waals surface area contributed by atoms with Crippen LogP contribution in [0.5, 0.6) is 0 Å². The third kappa shape index (κ3) is 2.68. The SMILES string of the molecule is CC(CO)NC(=O)c1ccc2c(c1)CCC(=O)N2. The molecule has 0 fully saturated rings. The zero-order valence-corrected chi connectivity index (χ0v) is 10.2. The fourth-order valence-electron chi connectivity index (χ4n) is 1.88. The number of hydrogen-bond donors (Lipinski definition) is 3. The first-order chi connectivity index (χ1) is 8.60. The number of aliphatic hydroxyl groups excluding tert-OH is 1. The van der Waals surface area contributed by atoms with E-state index in [2.05, 4.69) is 10.6 Å². The normalized spacial score (nSPS) is 15.6. The van der Waals surface area contributed by atoms with Crippen molar-refractivity contribution < 1.29 is 14.7 Å². The van der Waals surface area contributed by atoms with Crippen LogP contribution < -0.4 is 10.6 Å². The summed E-state index contributed by atoms with van der Waals surface area (Å²) in [5.41, 5.74) is 2.29. The number of aryl methyl sites for hydroxylation is 1. The first kappa shape index (κ1) is 12.6. The second-order valence-electron chi connectivity index (χ2n) is 4.48. The van der Waals surface area contributed by atoms with Gasteiger partial charge in [-0.25, -0.2) is 0 Å². The summed E-state index contributed by atoms with van der Waals surface area (Å²) in [7, 11) is 0. The Balaban J connectivity index is 2.16. The molecule has 1 atom stereocenters. The highest BCUT2D eigenvalue weighted by Gasteiger charge is 2.17. The molecule has 1 aliphatic rings. The largest absolute Gasteiger partial charge is 0.394 e. The molecule has 18 heavy (non-hydrogen) atoms. The van der Waals surface area contributed by atoms with E-state index in [1.54, 1.807) is 25.1 Å². The van der Waals surface area contributed by atoms with E-state index in [0.29, 0.717) is 18.4 Å². The number of aliphatic hydroxyl groups is 1. The van der Waals surface area contributed by atoms with Crippen molar-refractivity contribution in [1.82, 2.24) is 5.32 Å². The standard InChI is InChI=1S/C13H16N2O3/c1-8(7-16)14-13(18)10-2-4-11-9(6-10)3-5-12(17)15-11/h2,4,6,8,16H,3,5,7H2,1H3,(H,14,18)(H,15,17). The van der Waals surface area contributed by atoms with Crippen molar-refractivity contribution in [2.45, 2.75) is 25.8 Å². The number of anilines is 1. The minimum atomic E-state index is -0.270. The van der Waals surface area contributed by atoms with Gasteiger partial charge in [0.15, 0.2) is 0 Å². The lowest BCUT2D eigenvalue weighted by molar-refractivity contribution is -0.116. The summed E-state index contributed by atoms with van der Waals surface area (Å²) >= 11 is 0. The average Bonchev–Trinajstić information content (AvgIpc) is 2.37. The molecule has 0 saturated heterocycles. The number of hydrogen-bond acceptors (Lipinski definition) is 3. The Morgan fingerprint density at radius 2 is 2.28 bits per heavy atom. The van der Waals surface area contributed by atoms with Gasteiger partial charge in [-0.1, -0.05) is 0 Å². The Bertz CT molecular complexity index is 485. The van der Waals surface area contributed by atoms with Crippen LogP contribution in [0, 0.1) is 0 Å². The van der Waals surface area contributed by atoms with Gasteiger partial charge in [-0.3, -0.25) is 9.59 Å². The van der Waals surface area contributed by atoms with Crippen molar-refractivity contribution >= 4 is 17.5 Å². The molecule has 96 valence electrons. The minimum absolute atomic E-state index is 0.00797. The van der Waals surface area contributed by atoms with Crippen molar-refractivity contribution in [2.75, 3.05) is 11.9 Å². The summed E-state index contributed by atoms with van der Waals surface area (Å²) in [5.74, 6) is -0.204. The van der Waals surface area contributed by atoms with Gasteiger partial charge in [0.25, 0.3) is 5.91 Å². The quantitative estimate of drug-likeness (QED) is 0.736. The second kappa shape index (κ2) is 5.18. The zero-order valence-electron chi connectivity index (χ0n) is 10.2. The highest BCUT2D eigenvalue weighted by atomic mass is 16.3. The Morgan fingerprint density at radius 1 is 1.50 bits per heavy atom. The molecule has 1 aromatic rings. The first-order valence-corrected chi connectivity index (χ1v) is 5.94. The van der Waals surface area contributed by atoms with E-state index in [1.165, 1.54) is 0 Å². The average molecular weight is 248 g/mol. The molecule has 5 nitrogen and oxygen atoms in total. The topological polar surface area (TPSA) is 78.4 Å². The number of amides is 2. The number of benzene rings is 1. The van der Waals surface area contributed by atoms with Gasteiger partial charge in [0, 0.05) is 23.7 Å². The third-order valence-electron chi connectivity index (χ3n) is 2.91. The van der Waals surface area contributed by atoms with Gasteiger partial charge in [-0.05, 0) is 37.1 Å². The van der Waals surface area contributed by atoms with Gasteiger partial charge in [0.05, 0.1) is 6.61 Å².